The Bertz CT molecular complexity index is 536. The zero-order valence-corrected chi connectivity index (χ0v) is 13.6. The number of piperazine rings is 1. The van der Waals surface area contributed by atoms with E-state index in [0.717, 1.165) is 30.1 Å². The van der Waals surface area contributed by atoms with Gasteiger partial charge < -0.3 is 0 Å². The van der Waals surface area contributed by atoms with Crippen LogP contribution in [-0.4, -0.2) is 47.9 Å². The molecule has 1 atom stereocenters. The van der Waals surface area contributed by atoms with Gasteiger partial charge in [0.2, 0.25) is 0 Å². The van der Waals surface area contributed by atoms with Crippen molar-refractivity contribution < 1.29 is 4.79 Å². The summed E-state index contributed by atoms with van der Waals surface area (Å²) < 4.78 is 0.970. The van der Waals surface area contributed by atoms with Crippen molar-refractivity contribution in [3.8, 4) is 0 Å². The van der Waals surface area contributed by atoms with Crippen molar-refractivity contribution in [1.29, 1.82) is 0 Å². The average molecular weight is 353 g/mol. The summed E-state index contributed by atoms with van der Waals surface area (Å²) in [6.07, 6.45) is 2.67. The highest BCUT2D eigenvalue weighted by Crippen LogP contribution is 2.25. The SMILES string of the molecule is NNC(=O)c1ccc(CN2CCN3CCCC3C2)c(Br)c1. The van der Waals surface area contributed by atoms with Crippen molar-refractivity contribution in [2.24, 2.45) is 5.84 Å². The molecule has 3 N–H and O–H groups in total. The van der Waals surface area contributed by atoms with Gasteiger partial charge in [-0.25, -0.2) is 5.84 Å². The lowest BCUT2D eigenvalue weighted by molar-refractivity contribution is 0.0953. The van der Waals surface area contributed by atoms with Crippen LogP contribution in [0.4, 0.5) is 0 Å². The molecule has 2 heterocycles. The van der Waals surface area contributed by atoms with Gasteiger partial charge in [0.05, 0.1) is 0 Å². The lowest BCUT2D eigenvalue weighted by atomic mass is 10.1. The van der Waals surface area contributed by atoms with Gasteiger partial charge in [-0.15, -0.1) is 0 Å². The Morgan fingerprint density at radius 2 is 2.24 bits per heavy atom. The zero-order chi connectivity index (χ0) is 14.8. The van der Waals surface area contributed by atoms with E-state index >= 15 is 0 Å². The van der Waals surface area contributed by atoms with Gasteiger partial charge in [0.1, 0.15) is 0 Å². The largest absolute Gasteiger partial charge is 0.298 e. The number of nitrogens with one attached hydrogen (secondary N) is 1. The van der Waals surface area contributed by atoms with Crippen LogP contribution in [-0.2, 0) is 6.54 Å². The third kappa shape index (κ3) is 3.29. The number of benzene rings is 1. The summed E-state index contributed by atoms with van der Waals surface area (Å²) in [6, 6.07) is 6.41. The normalized spacial score (nSPS) is 23.0. The molecule has 0 bridgehead atoms. The van der Waals surface area contributed by atoms with Crippen LogP contribution < -0.4 is 11.3 Å². The van der Waals surface area contributed by atoms with E-state index in [-0.39, 0.29) is 5.91 Å². The van der Waals surface area contributed by atoms with E-state index in [1.165, 1.54) is 31.5 Å². The molecule has 3 rings (SSSR count). The maximum Gasteiger partial charge on any atom is 0.265 e. The van der Waals surface area contributed by atoms with Crippen LogP contribution in [0.15, 0.2) is 22.7 Å². The van der Waals surface area contributed by atoms with Gasteiger partial charge >= 0.3 is 0 Å². The molecule has 114 valence electrons. The van der Waals surface area contributed by atoms with Crippen LogP contribution in [0.25, 0.3) is 0 Å². The summed E-state index contributed by atoms with van der Waals surface area (Å²) in [5.74, 6) is 4.90. The molecule has 21 heavy (non-hydrogen) atoms. The Balaban J connectivity index is 1.66. The quantitative estimate of drug-likeness (QED) is 0.489. The Morgan fingerprint density at radius 3 is 3.00 bits per heavy atom. The maximum absolute atomic E-state index is 11.5. The number of hydrazine groups is 1. The van der Waals surface area contributed by atoms with E-state index in [1.807, 2.05) is 18.2 Å². The van der Waals surface area contributed by atoms with Crippen LogP contribution >= 0.6 is 15.9 Å². The second-order valence-electron chi connectivity index (χ2n) is 5.85. The van der Waals surface area contributed by atoms with Gasteiger partial charge in [-0.2, -0.15) is 0 Å². The van der Waals surface area contributed by atoms with Gasteiger partial charge in [0.15, 0.2) is 0 Å². The fourth-order valence-corrected chi connectivity index (χ4v) is 3.84. The molecule has 2 aliphatic heterocycles. The van der Waals surface area contributed by atoms with E-state index in [0.29, 0.717) is 5.56 Å². The number of carbonyl (C=O) groups is 1. The minimum atomic E-state index is -0.262. The number of hydrogen-bond acceptors (Lipinski definition) is 4. The molecule has 1 aromatic rings. The molecule has 1 unspecified atom stereocenters. The predicted molar refractivity (Wildman–Crippen MR) is 85.7 cm³/mol. The summed E-state index contributed by atoms with van der Waals surface area (Å²) >= 11 is 3.57. The van der Waals surface area contributed by atoms with Crippen LogP contribution in [0.2, 0.25) is 0 Å². The second kappa shape index (κ2) is 6.44. The summed E-state index contributed by atoms with van der Waals surface area (Å²) in [7, 11) is 0. The number of amides is 1. The first-order valence-electron chi connectivity index (χ1n) is 7.43. The molecule has 1 aromatic carbocycles. The lowest BCUT2D eigenvalue weighted by Crippen LogP contribution is -2.49. The van der Waals surface area contributed by atoms with Gasteiger partial charge in [-0.1, -0.05) is 22.0 Å². The van der Waals surface area contributed by atoms with Crippen LogP contribution in [0.3, 0.4) is 0 Å². The summed E-state index contributed by atoms with van der Waals surface area (Å²) in [5, 5.41) is 0. The molecule has 2 aliphatic rings. The first kappa shape index (κ1) is 15.0. The first-order valence-corrected chi connectivity index (χ1v) is 8.22. The van der Waals surface area contributed by atoms with Gasteiger partial charge in [-0.3, -0.25) is 20.0 Å². The van der Waals surface area contributed by atoms with E-state index in [4.69, 9.17) is 5.84 Å². The second-order valence-corrected chi connectivity index (χ2v) is 6.70. The molecule has 6 heteroatoms. The molecule has 2 fully saturated rings. The lowest BCUT2D eigenvalue weighted by Gasteiger charge is -2.37. The Morgan fingerprint density at radius 1 is 1.38 bits per heavy atom. The average Bonchev–Trinajstić information content (AvgIpc) is 2.96. The minimum absolute atomic E-state index is 0.262. The van der Waals surface area contributed by atoms with E-state index in [2.05, 4.69) is 31.2 Å². The Kier molecular flexibility index (Phi) is 4.59. The highest BCUT2D eigenvalue weighted by Gasteiger charge is 2.30. The number of nitrogens with two attached hydrogens (primary N) is 1. The fourth-order valence-electron chi connectivity index (χ4n) is 3.34. The van der Waals surface area contributed by atoms with Gasteiger partial charge in [0.25, 0.3) is 5.91 Å². The molecule has 0 saturated carbocycles. The number of hydrogen-bond donors (Lipinski definition) is 2. The number of fused-ring (bicyclic) bond motifs is 1. The van der Waals surface area contributed by atoms with Gasteiger partial charge in [-0.05, 0) is 37.1 Å². The number of halogens is 1. The molecule has 0 aromatic heterocycles. The molecule has 0 radical (unpaired) electrons. The van der Waals surface area contributed by atoms with Gasteiger partial charge in [0, 0.05) is 42.3 Å². The molecule has 2 saturated heterocycles. The van der Waals surface area contributed by atoms with Crippen LogP contribution in [0, 0.1) is 0 Å². The van der Waals surface area contributed by atoms with Crippen LogP contribution in [0.5, 0.6) is 0 Å². The highest BCUT2D eigenvalue weighted by atomic mass is 79.9. The van der Waals surface area contributed by atoms with E-state index < -0.39 is 0 Å². The highest BCUT2D eigenvalue weighted by molar-refractivity contribution is 9.10. The fraction of sp³-hybridized carbons (Fsp3) is 0.533. The molecular formula is C15H21BrN4O. The predicted octanol–water partition coefficient (Wildman–Crippen LogP) is 1.33. The van der Waals surface area contributed by atoms with E-state index in [1.54, 1.807) is 0 Å². The van der Waals surface area contributed by atoms with Crippen molar-refractivity contribution in [2.45, 2.75) is 25.4 Å². The smallest absolute Gasteiger partial charge is 0.265 e. The first-order chi connectivity index (χ1) is 10.2. The van der Waals surface area contributed by atoms with Crippen molar-refractivity contribution >= 4 is 21.8 Å². The molecule has 0 aliphatic carbocycles. The monoisotopic (exact) mass is 352 g/mol. The number of nitrogen functional groups attached to an aromatic ring is 1. The number of nitrogens with zero attached hydrogens (tertiary/aromatic N) is 2. The Hall–Kier alpha value is -0.950. The summed E-state index contributed by atoms with van der Waals surface area (Å²) in [5.41, 5.74) is 3.95. The maximum atomic E-state index is 11.5. The Labute approximate surface area is 133 Å². The van der Waals surface area contributed by atoms with E-state index in [9.17, 15) is 4.79 Å². The number of rotatable bonds is 3. The topological polar surface area (TPSA) is 61.6 Å². The van der Waals surface area contributed by atoms with Crippen molar-refractivity contribution in [3.05, 3.63) is 33.8 Å². The van der Waals surface area contributed by atoms with Crippen molar-refractivity contribution in [3.63, 3.8) is 0 Å². The summed E-state index contributed by atoms with van der Waals surface area (Å²) in [4.78, 5) is 16.6. The third-order valence-corrected chi connectivity index (χ3v) is 5.25. The molecule has 1 amide bonds. The van der Waals surface area contributed by atoms with Crippen molar-refractivity contribution in [2.75, 3.05) is 26.2 Å². The molecule has 5 nitrogen and oxygen atoms in total. The molecule has 0 spiro atoms. The molecular weight excluding hydrogens is 332 g/mol. The third-order valence-electron chi connectivity index (χ3n) is 4.51. The zero-order valence-electron chi connectivity index (χ0n) is 12.0. The minimum Gasteiger partial charge on any atom is -0.298 e. The van der Waals surface area contributed by atoms with Crippen LogP contribution in [0.1, 0.15) is 28.8 Å². The number of carbonyl (C=O) groups excluding carboxylic acids is 1. The standard InChI is InChI=1S/C15H21BrN4O/c16-14-8-11(15(21)18-17)3-4-12(14)9-19-6-7-20-5-1-2-13(20)10-19/h3-4,8,13H,1-2,5-7,9-10,17H2,(H,18,21). The summed E-state index contributed by atoms with van der Waals surface area (Å²) in [6.45, 7) is 5.64. The van der Waals surface area contributed by atoms with Crippen molar-refractivity contribution in [1.82, 2.24) is 15.2 Å².